The van der Waals surface area contributed by atoms with Crippen molar-refractivity contribution in [3.63, 3.8) is 0 Å². The van der Waals surface area contributed by atoms with E-state index in [1.807, 2.05) is 0 Å². The molecule has 0 bridgehead atoms. The van der Waals surface area contributed by atoms with Gasteiger partial charge in [-0.15, -0.1) is 0 Å². The Hall–Kier alpha value is -0.530. The van der Waals surface area contributed by atoms with Crippen LogP contribution in [0.25, 0.3) is 0 Å². The summed E-state index contributed by atoms with van der Waals surface area (Å²) in [6.45, 7) is 1.60. The molecule has 0 aliphatic heterocycles. The van der Waals surface area contributed by atoms with E-state index < -0.39 is 5.97 Å². The van der Waals surface area contributed by atoms with Crippen LogP contribution in [-0.2, 0) is 4.79 Å². The van der Waals surface area contributed by atoms with Crippen molar-refractivity contribution >= 4 is 5.97 Å². The second kappa shape index (κ2) is 1.76. The fraction of sp³-hybridized carbons (Fsp3) is 0.667. The fourth-order valence-electron chi connectivity index (χ4n) is 0. The third-order valence-corrected chi connectivity index (χ3v) is 0.302. The van der Waals surface area contributed by atoms with Gasteiger partial charge in [0.2, 0.25) is 0 Å². The maximum Gasteiger partial charge on any atom is 0.303 e. The van der Waals surface area contributed by atoms with Crippen LogP contribution in [-0.4, -0.2) is 11.1 Å². The standard InChI is InChI=1S/C3H6O2/c1-2-3(4)5/h2H2,1H3,(H,4,5)/i2+1. The minimum Gasteiger partial charge on any atom is -0.481 e. The van der Waals surface area contributed by atoms with Gasteiger partial charge in [-0.3, -0.25) is 4.79 Å². The van der Waals surface area contributed by atoms with Crippen LogP contribution in [0.15, 0.2) is 0 Å². The molecule has 0 aliphatic rings. The van der Waals surface area contributed by atoms with Crippen molar-refractivity contribution in [2.24, 2.45) is 0 Å². The summed E-state index contributed by atoms with van der Waals surface area (Å²) in [6.07, 6.45) is 0.222. The average molecular weight is 75.1 g/mol. The Bertz CT molecular complexity index is 40.2. The molecule has 0 saturated carbocycles. The quantitative estimate of drug-likeness (QED) is 0.460. The number of carboxylic acids is 1. The third-order valence-electron chi connectivity index (χ3n) is 0.302. The number of hydrogen-bond donors (Lipinski definition) is 1. The van der Waals surface area contributed by atoms with Crippen molar-refractivity contribution in [2.45, 2.75) is 13.3 Å². The zero-order valence-corrected chi connectivity index (χ0v) is 3.06. The monoisotopic (exact) mass is 75.0 g/mol. The Labute approximate surface area is 30.4 Å². The first-order chi connectivity index (χ1) is 2.27. The molecule has 0 aromatic carbocycles. The Kier molecular flexibility index (Phi) is 1.57. The molecule has 0 saturated heterocycles. The van der Waals surface area contributed by atoms with E-state index in [-0.39, 0.29) is 6.42 Å². The zero-order chi connectivity index (χ0) is 4.28. The van der Waals surface area contributed by atoms with Gasteiger partial charge in [0.15, 0.2) is 0 Å². The Morgan fingerprint density at radius 1 is 2.00 bits per heavy atom. The van der Waals surface area contributed by atoms with Gasteiger partial charge in [0, 0.05) is 6.42 Å². The van der Waals surface area contributed by atoms with Gasteiger partial charge in [-0.25, -0.2) is 0 Å². The molecule has 0 aromatic heterocycles. The van der Waals surface area contributed by atoms with Crippen molar-refractivity contribution in [2.75, 3.05) is 0 Å². The number of carboxylic acid groups (broad SMARTS) is 1. The highest BCUT2D eigenvalue weighted by Gasteiger charge is 1.80. The van der Waals surface area contributed by atoms with E-state index in [9.17, 15) is 4.79 Å². The molecule has 0 fully saturated rings. The van der Waals surface area contributed by atoms with E-state index in [1.165, 1.54) is 0 Å². The summed E-state index contributed by atoms with van der Waals surface area (Å²) in [7, 11) is 0. The van der Waals surface area contributed by atoms with Crippen molar-refractivity contribution in [3.05, 3.63) is 0 Å². The second-order valence-corrected chi connectivity index (χ2v) is 0.747. The van der Waals surface area contributed by atoms with E-state index in [0.29, 0.717) is 0 Å². The van der Waals surface area contributed by atoms with Gasteiger partial charge >= 0.3 is 5.97 Å². The molecule has 0 rings (SSSR count). The Balaban J connectivity index is 2.85. The van der Waals surface area contributed by atoms with E-state index in [0.717, 1.165) is 0 Å². The van der Waals surface area contributed by atoms with Gasteiger partial charge in [-0.05, 0) is 0 Å². The van der Waals surface area contributed by atoms with Crippen LogP contribution in [0.5, 0.6) is 0 Å². The molecule has 1 N–H and O–H groups in total. The predicted molar refractivity (Wildman–Crippen MR) is 17.9 cm³/mol. The van der Waals surface area contributed by atoms with Gasteiger partial charge in [0.1, 0.15) is 0 Å². The topological polar surface area (TPSA) is 37.3 Å². The number of carbonyl (C=O) groups is 1. The molecule has 0 heterocycles. The first kappa shape index (κ1) is 4.47. The van der Waals surface area contributed by atoms with E-state index in [4.69, 9.17) is 5.11 Å². The molecule has 0 aliphatic carbocycles. The smallest absolute Gasteiger partial charge is 0.303 e. The molecule has 0 radical (unpaired) electrons. The molecule has 30 valence electrons. The first-order valence-corrected chi connectivity index (χ1v) is 1.49. The number of hydrogen-bond acceptors (Lipinski definition) is 1. The minimum atomic E-state index is -0.745. The summed E-state index contributed by atoms with van der Waals surface area (Å²) in [5.74, 6) is -0.745. The lowest BCUT2D eigenvalue weighted by Crippen LogP contribution is -1.86. The lowest BCUT2D eigenvalue weighted by Gasteiger charge is -1.71. The summed E-state index contributed by atoms with van der Waals surface area (Å²) < 4.78 is 0. The molecular formula is C3H6O2. The maximum atomic E-state index is 9.37. The molecule has 5 heavy (non-hydrogen) atoms. The Morgan fingerprint density at radius 3 is 2.20 bits per heavy atom. The molecular weight excluding hydrogens is 69.0 g/mol. The van der Waals surface area contributed by atoms with Gasteiger partial charge < -0.3 is 5.11 Å². The molecule has 0 amide bonds. The summed E-state index contributed by atoms with van der Waals surface area (Å²) in [5.41, 5.74) is 0. The van der Waals surface area contributed by atoms with Gasteiger partial charge in [0.25, 0.3) is 0 Å². The molecule has 0 aromatic rings. The van der Waals surface area contributed by atoms with Crippen LogP contribution in [0.1, 0.15) is 13.3 Å². The lowest BCUT2D eigenvalue weighted by atomic mass is 10.9. The molecule has 2 heteroatoms. The van der Waals surface area contributed by atoms with Crippen molar-refractivity contribution in [1.29, 1.82) is 0 Å². The summed E-state index contributed by atoms with van der Waals surface area (Å²) >= 11 is 0. The van der Waals surface area contributed by atoms with Gasteiger partial charge in [-0.1, -0.05) is 6.92 Å². The van der Waals surface area contributed by atoms with Crippen LogP contribution >= 0.6 is 0 Å². The van der Waals surface area contributed by atoms with Crippen molar-refractivity contribution in [1.82, 2.24) is 0 Å². The van der Waals surface area contributed by atoms with Gasteiger partial charge in [-0.2, -0.15) is 0 Å². The highest BCUT2D eigenvalue weighted by Crippen LogP contribution is 1.67. The third kappa shape index (κ3) is 3.47. The number of rotatable bonds is 1. The zero-order valence-electron chi connectivity index (χ0n) is 3.06. The molecule has 0 spiro atoms. The average Bonchev–Trinajstić information content (AvgIpc) is 1.38. The molecule has 0 atom stereocenters. The number of aliphatic carboxylic acids is 1. The minimum absolute atomic E-state index is 0.222. The molecule has 2 nitrogen and oxygen atoms in total. The second-order valence-electron chi connectivity index (χ2n) is 0.747. The maximum absolute atomic E-state index is 9.37. The predicted octanol–water partition coefficient (Wildman–Crippen LogP) is 0.481. The van der Waals surface area contributed by atoms with Crippen LogP contribution in [0.4, 0.5) is 0 Å². The highest BCUT2D eigenvalue weighted by molar-refractivity contribution is 5.66. The fourth-order valence-corrected chi connectivity index (χ4v) is 0. The van der Waals surface area contributed by atoms with Crippen molar-refractivity contribution < 1.29 is 9.90 Å². The summed E-state index contributed by atoms with van der Waals surface area (Å²) in [6, 6.07) is 0. The molecule has 0 unspecified atom stereocenters. The van der Waals surface area contributed by atoms with E-state index in [1.54, 1.807) is 6.92 Å². The summed E-state index contributed by atoms with van der Waals surface area (Å²) in [5, 5.41) is 7.72. The van der Waals surface area contributed by atoms with Gasteiger partial charge in [0.05, 0.1) is 0 Å². The SMILES string of the molecule is C[13CH2]C(=O)O. The summed E-state index contributed by atoms with van der Waals surface area (Å²) in [4.78, 5) is 9.37. The largest absolute Gasteiger partial charge is 0.481 e. The van der Waals surface area contributed by atoms with Crippen LogP contribution in [0.3, 0.4) is 0 Å². The van der Waals surface area contributed by atoms with Crippen LogP contribution in [0.2, 0.25) is 0 Å². The van der Waals surface area contributed by atoms with Crippen molar-refractivity contribution in [3.8, 4) is 0 Å². The highest BCUT2D eigenvalue weighted by atomic mass is 16.4. The Morgan fingerprint density at radius 2 is 2.20 bits per heavy atom. The van der Waals surface area contributed by atoms with E-state index >= 15 is 0 Å². The van der Waals surface area contributed by atoms with Crippen LogP contribution in [0, 0.1) is 0 Å². The lowest BCUT2D eigenvalue weighted by molar-refractivity contribution is -0.136. The first-order valence-electron chi connectivity index (χ1n) is 1.49. The normalized spacial score (nSPS) is 7.40. The van der Waals surface area contributed by atoms with E-state index in [2.05, 4.69) is 0 Å². The van der Waals surface area contributed by atoms with Crippen LogP contribution < -0.4 is 0 Å².